The molecule has 3 atom stereocenters. The van der Waals surface area contributed by atoms with Gasteiger partial charge in [0.25, 0.3) is 0 Å². The van der Waals surface area contributed by atoms with E-state index in [1.54, 1.807) is 7.11 Å². The first-order valence-corrected chi connectivity index (χ1v) is 7.54. The molecule has 3 nitrogen and oxygen atoms in total. The fourth-order valence-corrected chi connectivity index (χ4v) is 3.26. The fraction of sp³-hybridized carbons (Fsp3) is 1.00. The van der Waals surface area contributed by atoms with Crippen LogP contribution in [0.15, 0.2) is 0 Å². The molecule has 0 aromatic rings. The summed E-state index contributed by atoms with van der Waals surface area (Å²) in [6.45, 7) is 9.22. The molecular weight excluding hydrogens is 226 g/mol. The molecule has 0 amide bonds. The molecule has 3 unspecified atom stereocenters. The van der Waals surface area contributed by atoms with Crippen molar-refractivity contribution < 1.29 is 9.47 Å². The molecule has 1 aliphatic carbocycles. The van der Waals surface area contributed by atoms with Gasteiger partial charge in [-0.15, -0.1) is 0 Å². The lowest BCUT2D eigenvalue weighted by Gasteiger charge is -2.45. The first-order valence-electron chi connectivity index (χ1n) is 7.54. The van der Waals surface area contributed by atoms with Crippen LogP contribution in [-0.2, 0) is 9.47 Å². The number of hydrogen-bond acceptors (Lipinski definition) is 3. The SMILES string of the molecule is CCCNC(COC)C1(OCC)CCCC(C)C1. The van der Waals surface area contributed by atoms with Crippen LogP contribution in [0.3, 0.4) is 0 Å². The zero-order chi connectivity index (χ0) is 13.4. The number of hydrogen-bond donors (Lipinski definition) is 1. The maximum atomic E-state index is 6.21. The Morgan fingerprint density at radius 1 is 1.39 bits per heavy atom. The summed E-state index contributed by atoms with van der Waals surface area (Å²) < 4.78 is 11.6. The third-order valence-corrected chi connectivity index (χ3v) is 4.03. The van der Waals surface area contributed by atoms with Gasteiger partial charge in [-0.05, 0) is 38.6 Å². The number of nitrogens with one attached hydrogen (secondary N) is 1. The van der Waals surface area contributed by atoms with Crippen molar-refractivity contribution in [1.29, 1.82) is 0 Å². The minimum absolute atomic E-state index is 0.0163. The maximum absolute atomic E-state index is 6.21. The highest BCUT2D eigenvalue weighted by Crippen LogP contribution is 2.37. The van der Waals surface area contributed by atoms with E-state index in [2.05, 4.69) is 26.1 Å². The Bertz CT molecular complexity index is 219. The second-order valence-electron chi connectivity index (χ2n) is 5.66. The Balaban J connectivity index is 2.76. The van der Waals surface area contributed by atoms with Gasteiger partial charge in [0.15, 0.2) is 0 Å². The Morgan fingerprint density at radius 2 is 2.17 bits per heavy atom. The molecule has 18 heavy (non-hydrogen) atoms. The molecule has 0 aliphatic heterocycles. The first kappa shape index (κ1) is 15.9. The van der Waals surface area contributed by atoms with Crippen LogP contribution in [0.25, 0.3) is 0 Å². The number of rotatable bonds is 8. The van der Waals surface area contributed by atoms with Crippen molar-refractivity contribution in [2.45, 2.75) is 64.5 Å². The van der Waals surface area contributed by atoms with Gasteiger partial charge in [-0.1, -0.05) is 26.7 Å². The van der Waals surface area contributed by atoms with E-state index in [0.29, 0.717) is 6.04 Å². The predicted octanol–water partition coefficient (Wildman–Crippen LogP) is 2.99. The second kappa shape index (κ2) is 8.13. The van der Waals surface area contributed by atoms with E-state index in [1.165, 1.54) is 12.8 Å². The molecule has 1 rings (SSSR count). The first-order chi connectivity index (χ1) is 8.68. The zero-order valence-electron chi connectivity index (χ0n) is 12.6. The third-order valence-electron chi connectivity index (χ3n) is 4.03. The van der Waals surface area contributed by atoms with Crippen LogP contribution in [-0.4, -0.2) is 38.5 Å². The van der Waals surface area contributed by atoms with Gasteiger partial charge in [0.2, 0.25) is 0 Å². The van der Waals surface area contributed by atoms with Crippen molar-refractivity contribution in [2.24, 2.45) is 5.92 Å². The molecule has 0 radical (unpaired) electrons. The Morgan fingerprint density at radius 3 is 2.72 bits per heavy atom. The zero-order valence-corrected chi connectivity index (χ0v) is 12.6. The van der Waals surface area contributed by atoms with Crippen LogP contribution >= 0.6 is 0 Å². The van der Waals surface area contributed by atoms with Gasteiger partial charge in [-0.25, -0.2) is 0 Å². The average Bonchev–Trinajstić information content (AvgIpc) is 2.34. The topological polar surface area (TPSA) is 30.5 Å². The molecule has 0 heterocycles. The average molecular weight is 257 g/mol. The van der Waals surface area contributed by atoms with E-state index in [1.807, 2.05) is 0 Å². The van der Waals surface area contributed by atoms with E-state index in [-0.39, 0.29) is 5.60 Å². The van der Waals surface area contributed by atoms with Gasteiger partial charge in [-0.3, -0.25) is 0 Å². The van der Waals surface area contributed by atoms with Gasteiger partial charge in [0, 0.05) is 13.7 Å². The van der Waals surface area contributed by atoms with Gasteiger partial charge in [0.1, 0.15) is 0 Å². The maximum Gasteiger partial charge on any atom is 0.0859 e. The molecule has 0 bridgehead atoms. The summed E-state index contributed by atoms with van der Waals surface area (Å²) >= 11 is 0. The summed E-state index contributed by atoms with van der Waals surface area (Å²) in [6.07, 6.45) is 6.08. The summed E-state index contributed by atoms with van der Waals surface area (Å²) in [5.74, 6) is 0.757. The van der Waals surface area contributed by atoms with Crippen molar-refractivity contribution in [3.05, 3.63) is 0 Å². The minimum atomic E-state index is -0.0163. The smallest absolute Gasteiger partial charge is 0.0859 e. The van der Waals surface area contributed by atoms with Gasteiger partial charge < -0.3 is 14.8 Å². The standard InChI is InChI=1S/C15H31NO2/c1-5-10-16-14(12-17-4)15(18-6-2)9-7-8-13(3)11-15/h13-14,16H,5-12H2,1-4H3. The monoisotopic (exact) mass is 257 g/mol. The molecule has 1 saturated carbocycles. The molecule has 0 saturated heterocycles. The number of ether oxygens (including phenoxy) is 2. The molecule has 1 fully saturated rings. The van der Waals surface area contributed by atoms with E-state index in [4.69, 9.17) is 9.47 Å². The predicted molar refractivity (Wildman–Crippen MR) is 75.9 cm³/mol. The normalized spacial score (nSPS) is 30.3. The Kier molecular flexibility index (Phi) is 7.20. The Labute approximate surface area is 113 Å². The molecule has 1 aliphatic rings. The van der Waals surface area contributed by atoms with Gasteiger partial charge in [0.05, 0.1) is 18.2 Å². The van der Waals surface area contributed by atoms with Crippen LogP contribution in [0, 0.1) is 5.92 Å². The quantitative estimate of drug-likeness (QED) is 0.725. The summed E-state index contributed by atoms with van der Waals surface area (Å²) in [4.78, 5) is 0. The molecule has 3 heteroatoms. The van der Waals surface area contributed by atoms with Crippen molar-refractivity contribution in [1.82, 2.24) is 5.32 Å². The Hall–Kier alpha value is -0.120. The highest BCUT2D eigenvalue weighted by atomic mass is 16.5. The van der Waals surface area contributed by atoms with Crippen LogP contribution < -0.4 is 5.32 Å². The highest BCUT2D eigenvalue weighted by Gasteiger charge is 2.42. The third kappa shape index (κ3) is 4.22. The molecule has 0 aromatic heterocycles. The van der Waals surface area contributed by atoms with Crippen molar-refractivity contribution in [2.75, 3.05) is 26.9 Å². The minimum Gasteiger partial charge on any atom is -0.383 e. The van der Waals surface area contributed by atoms with Gasteiger partial charge in [-0.2, -0.15) is 0 Å². The highest BCUT2D eigenvalue weighted by molar-refractivity contribution is 4.97. The van der Waals surface area contributed by atoms with E-state index < -0.39 is 0 Å². The molecule has 0 aromatic carbocycles. The lowest BCUT2D eigenvalue weighted by atomic mass is 9.74. The van der Waals surface area contributed by atoms with Crippen molar-refractivity contribution in [3.63, 3.8) is 0 Å². The lowest BCUT2D eigenvalue weighted by molar-refractivity contribution is -0.112. The summed E-state index contributed by atoms with van der Waals surface area (Å²) in [6, 6.07) is 0.324. The molecular formula is C15H31NO2. The molecule has 108 valence electrons. The van der Waals surface area contributed by atoms with Crippen molar-refractivity contribution in [3.8, 4) is 0 Å². The summed E-state index contributed by atoms with van der Waals surface area (Å²) in [5.41, 5.74) is -0.0163. The van der Waals surface area contributed by atoms with Crippen LogP contribution in [0.1, 0.15) is 52.9 Å². The van der Waals surface area contributed by atoms with Crippen LogP contribution in [0.2, 0.25) is 0 Å². The second-order valence-corrected chi connectivity index (χ2v) is 5.66. The largest absolute Gasteiger partial charge is 0.383 e. The van der Waals surface area contributed by atoms with Crippen molar-refractivity contribution >= 4 is 0 Å². The molecule has 0 spiro atoms. The van der Waals surface area contributed by atoms with E-state index in [9.17, 15) is 0 Å². The summed E-state index contributed by atoms with van der Waals surface area (Å²) in [7, 11) is 1.78. The van der Waals surface area contributed by atoms with Crippen LogP contribution in [0.4, 0.5) is 0 Å². The van der Waals surface area contributed by atoms with E-state index in [0.717, 1.165) is 44.9 Å². The van der Waals surface area contributed by atoms with E-state index >= 15 is 0 Å². The lowest BCUT2D eigenvalue weighted by Crippen LogP contribution is -2.57. The van der Waals surface area contributed by atoms with Crippen LogP contribution in [0.5, 0.6) is 0 Å². The molecule has 1 N–H and O–H groups in total. The summed E-state index contributed by atoms with van der Waals surface area (Å²) in [5, 5.41) is 3.64. The number of methoxy groups -OCH3 is 1. The fourth-order valence-electron chi connectivity index (χ4n) is 3.26. The van der Waals surface area contributed by atoms with Gasteiger partial charge >= 0.3 is 0 Å².